The largest absolute Gasteiger partial charge is 0.478 e. The lowest BCUT2D eigenvalue weighted by Gasteiger charge is -1.91. The second-order valence-electron chi connectivity index (χ2n) is 2.52. The Hall–Kier alpha value is -1.29. The van der Waals surface area contributed by atoms with Crippen LogP contribution in [-0.4, -0.2) is 20.9 Å². The molecule has 1 aromatic rings. The van der Waals surface area contributed by atoms with Gasteiger partial charge in [0.15, 0.2) is 0 Å². The van der Waals surface area contributed by atoms with Gasteiger partial charge in [0.1, 0.15) is 5.56 Å². The third-order valence-corrected chi connectivity index (χ3v) is 1.74. The van der Waals surface area contributed by atoms with Crippen molar-refractivity contribution in [3.63, 3.8) is 0 Å². The van der Waals surface area contributed by atoms with Crippen LogP contribution in [0.25, 0.3) is 0 Å². The molecule has 1 aromatic heterocycles. The van der Waals surface area contributed by atoms with E-state index in [0.717, 1.165) is 0 Å². The highest BCUT2D eigenvalue weighted by Crippen LogP contribution is 2.05. The summed E-state index contributed by atoms with van der Waals surface area (Å²) in [7, 11) is 0. The molecule has 0 atom stereocenters. The van der Waals surface area contributed by atoms with Crippen molar-refractivity contribution in [3.05, 3.63) is 29.1 Å². The number of aryl methyl sites for hydroxylation is 1. The van der Waals surface area contributed by atoms with Crippen LogP contribution < -0.4 is 0 Å². The molecule has 0 amide bonds. The maximum atomic E-state index is 10.6. The van der Waals surface area contributed by atoms with Gasteiger partial charge in [0.05, 0.1) is 12.2 Å². The molecular formula is C8H9ClN2O2. The monoisotopic (exact) mass is 200 g/mol. The van der Waals surface area contributed by atoms with Gasteiger partial charge in [-0.25, -0.2) is 4.79 Å². The molecule has 70 valence electrons. The quantitative estimate of drug-likeness (QED) is 0.807. The van der Waals surface area contributed by atoms with E-state index in [1.165, 1.54) is 16.4 Å². The Morgan fingerprint density at radius 1 is 1.85 bits per heavy atom. The number of carboxylic acid groups (broad SMARTS) is 1. The number of aromatic nitrogens is 2. The van der Waals surface area contributed by atoms with Crippen molar-refractivity contribution in [3.8, 4) is 0 Å². The Labute approximate surface area is 80.4 Å². The fourth-order valence-corrected chi connectivity index (χ4v) is 1.05. The van der Waals surface area contributed by atoms with Gasteiger partial charge >= 0.3 is 5.97 Å². The van der Waals surface area contributed by atoms with Gasteiger partial charge in [-0.1, -0.05) is 17.7 Å². The van der Waals surface area contributed by atoms with Crippen LogP contribution in [0, 0.1) is 6.92 Å². The molecule has 0 aliphatic carbocycles. The molecule has 1 heterocycles. The summed E-state index contributed by atoms with van der Waals surface area (Å²) in [5.41, 5.74) is 2.11. The van der Waals surface area contributed by atoms with E-state index >= 15 is 0 Å². The predicted molar refractivity (Wildman–Crippen MR) is 48.9 cm³/mol. The molecule has 0 bridgehead atoms. The molecule has 4 nitrogen and oxygen atoms in total. The number of nitrogens with zero attached hydrogens (tertiary/aromatic N) is 2. The first-order valence-corrected chi connectivity index (χ1v) is 4.11. The molecule has 0 radical (unpaired) electrons. The fraction of sp³-hybridized carbons (Fsp3) is 0.250. The molecule has 0 aliphatic heterocycles. The van der Waals surface area contributed by atoms with Crippen molar-refractivity contribution in [2.45, 2.75) is 13.5 Å². The Bertz CT molecular complexity index is 344. The number of allylic oxidation sites excluding steroid dienone is 1. The SMILES string of the molecule is Cc1nn(C/C=C\Cl)cc1C(=O)O. The van der Waals surface area contributed by atoms with E-state index in [2.05, 4.69) is 5.10 Å². The van der Waals surface area contributed by atoms with E-state index < -0.39 is 5.97 Å². The molecule has 0 fully saturated rings. The summed E-state index contributed by atoms with van der Waals surface area (Å²) < 4.78 is 1.53. The van der Waals surface area contributed by atoms with Crippen LogP contribution in [0.4, 0.5) is 0 Å². The van der Waals surface area contributed by atoms with E-state index in [-0.39, 0.29) is 5.56 Å². The summed E-state index contributed by atoms with van der Waals surface area (Å²) in [6, 6.07) is 0. The third kappa shape index (κ3) is 2.32. The first kappa shape index (κ1) is 9.80. The standard InChI is InChI=1S/C8H9ClN2O2/c1-6-7(8(12)13)5-11(10-6)4-2-3-9/h2-3,5H,4H2,1H3,(H,12,13)/b3-2-. The van der Waals surface area contributed by atoms with Crippen LogP contribution in [0.1, 0.15) is 16.1 Å². The Balaban J connectivity index is 2.88. The zero-order chi connectivity index (χ0) is 9.84. The van der Waals surface area contributed by atoms with Gasteiger partial charge in [0.2, 0.25) is 0 Å². The molecule has 0 aromatic carbocycles. The number of rotatable bonds is 3. The highest BCUT2D eigenvalue weighted by molar-refractivity contribution is 6.25. The highest BCUT2D eigenvalue weighted by Gasteiger charge is 2.10. The van der Waals surface area contributed by atoms with Crippen molar-refractivity contribution < 1.29 is 9.90 Å². The fourth-order valence-electron chi connectivity index (χ4n) is 0.969. The summed E-state index contributed by atoms with van der Waals surface area (Å²) in [6.45, 7) is 2.14. The summed E-state index contributed by atoms with van der Waals surface area (Å²) in [5, 5.41) is 12.7. The van der Waals surface area contributed by atoms with E-state index in [9.17, 15) is 4.79 Å². The van der Waals surface area contributed by atoms with E-state index in [4.69, 9.17) is 16.7 Å². The first-order chi connectivity index (χ1) is 6.15. The summed E-state index contributed by atoms with van der Waals surface area (Å²) in [4.78, 5) is 10.6. The van der Waals surface area contributed by atoms with E-state index in [0.29, 0.717) is 12.2 Å². The van der Waals surface area contributed by atoms with Crippen molar-refractivity contribution in [2.75, 3.05) is 0 Å². The van der Waals surface area contributed by atoms with Gasteiger partial charge in [0.25, 0.3) is 0 Å². The number of halogens is 1. The van der Waals surface area contributed by atoms with Crippen LogP contribution in [0.5, 0.6) is 0 Å². The van der Waals surface area contributed by atoms with Gasteiger partial charge in [-0.2, -0.15) is 5.10 Å². The van der Waals surface area contributed by atoms with Crippen molar-refractivity contribution >= 4 is 17.6 Å². The molecular weight excluding hydrogens is 192 g/mol. The van der Waals surface area contributed by atoms with Crippen molar-refractivity contribution in [2.24, 2.45) is 0 Å². The minimum Gasteiger partial charge on any atom is -0.478 e. The van der Waals surface area contributed by atoms with Gasteiger partial charge < -0.3 is 5.11 Å². The van der Waals surface area contributed by atoms with Gasteiger partial charge in [-0.05, 0) is 6.92 Å². The van der Waals surface area contributed by atoms with Crippen LogP contribution in [0.3, 0.4) is 0 Å². The summed E-state index contributed by atoms with van der Waals surface area (Å²) in [5.74, 6) is -0.960. The zero-order valence-corrected chi connectivity index (χ0v) is 7.82. The van der Waals surface area contributed by atoms with Crippen LogP contribution in [0.2, 0.25) is 0 Å². The average molecular weight is 201 g/mol. The lowest BCUT2D eigenvalue weighted by atomic mass is 10.3. The summed E-state index contributed by atoms with van der Waals surface area (Å²) >= 11 is 5.32. The van der Waals surface area contributed by atoms with Crippen LogP contribution in [0.15, 0.2) is 17.8 Å². The minimum atomic E-state index is -0.960. The third-order valence-electron chi connectivity index (χ3n) is 1.56. The smallest absolute Gasteiger partial charge is 0.339 e. The topological polar surface area (TPSA) is 55.1 Å². The van der Waals surface area contributed by atoms with E-state index in [1.54, 1.807) is 13.0 Å². The molecule has 0 spiro atoms. The molecule has 1 N–H and O–H groups in total. The zero-order valence-electron chi connectivity index (χ0n) is 7.07. The lowest BCUT2D eigenvalue weighted by molar-refractivity contribution is 0.0696. The molecule has 0 saturated carbocycles. The Morgan fingerprint density at radius 3 is 3.00 bits per heavy atom. The predicted octanol–water partition coefficient (Wildman–Crippen LogP) is 1.64. The van der Waals surface area contributed by atoms with Crippen molar-refractivity contribution in [1.29, 1.82) is 0 Å². The average Bonchev–Trinajstić information content (AvgIpc) is 2.43. The normalized spacial score (nSPS) is 10.9. The molecule has 1 rings (SSSR count). The Morgan fingerprint density at radius 2 is 2.54 bits per heavy atom. The van der Waals surface area contributed by atoms with Crippen molar-refractivity contribution in [1.82, 2.24) is 9.78 Å². The maximum absolute atomic E-state index is 10.6. The van der Waals surface area contributed by atoms with Gasteiger partial charge in [-0.3, -0.25) is 4.68 Å². The molecule has 0 unspecified atom stereocenters. The summed E-state index contributed by atoms with van der Waals surface area (Å²) in [6.07, 6.45) is 3.16. The number of hydrogen-bond donors (Lipinski definition) is 1. The number of aromatic carboxylic acids is 1. The number of hydrogen-bond acceptors (Lipinski definition) is 2. The molecule has 0 aliphatic rings. The van der Waals surface area contributed by atoms with Gasteiger partial charge in [0, 0.05) is 11.7 Å². The molecule has 13 heavy (non-hydrogen) atoms. The van der Waals surface area contributed by atoms with E-state index in [1.807, 2.05) is 0 Å². The second kappa shape index (κ2) is 4.09. The lowest BCUT2D eigenvalue weighted by Crippen LogP contribution is -1.96. The molecule has 5 heteroatoms. The maximum Gasteiger partial charge on any atom is 0.339 e. The minimum absolute atomic E-state index is 0.225. The number of carbonyl (C=O) groups is 1. The van der Waals surface area contributed by atoms with Crippen LogP contribution in [-0.2, 0) is 6.54 Å². The first-order valence-electron chi connectivity index (χ1n) is 3.67. The Kier molecular flexibility index (Phi) is 3.08. The van der Waals surface area contributed by atoms with Gasteiger partial charge in [-0.15, -0.1) is 0 Å². The number of carboxylic acids is 1. The molecule has 0 saturated heterocycles. The highest BCUT2D eigenvalue weighted by atomic mass is 35.5. The second-order valence-corrected chi connectivity index (χ2v) is 2.77. The van der Waals surface area contributed by atoms with Crippen LogP contribution >= 0.6 is 11.6 Å².